The maximum absolute atomic E-state index is 11.3. The van der Waals surface area contributed by atoms with Gasteiger partial charge in [0.2, 0.25) is 0 Å². The van der Waals surface area contributed by atoms with Gasteiger partial charge in [-0.05, 0) is 20.8 Å². The Morgan fingerprint density at radius 2 is 1.81 bits per heavy atom. The SMILES string of the molecule is CC=CC(=O)OCC[N+](CC)(CC)Cc1ccccc1.[Br-]. The van der Waals surface area contributed by atoms with Crippen LogP contribution in [0.2, 0.25) is 0 Å². The Balaban J connectivity index is 0.00000400. The molecular weight excluding hydrogens is 330 g/mol. The van der Waals surface area contributed by atoms with Gasteiger partial charge in [-0.1, -0.05) is 36.4 Å². The molecule has 0 aliphatic heterocycles. The fourth-order valence-electron chi connectivity index (χ4n) is 2.34. The van der Waals surface area contributed by atoms with Crippen LogP contribution in [0, 0.1) is 0 Å². The van der Waals surface area contributed by atoms with Crippen LogP contribution in [0.5, 0.6) is 0 Å². The number of esters is 1. The zero-order chi connectivity index (χ0) is 14.8. The number of ether oxygens (including phenoxy) is 1. The predicted octanol–water partition coefficient (Wildman–Crippen LogP) is 0.167. The van der Waals surface area contributed by atoms with Crippen LogP contribution in [0.3, 0.4) is 0 Å². The second-order valence-electron chi connectivity index (χ2n) is 5.01. The van der Waals surface area contributed by atoms with E-state index >= 15 is 0 Å². The van der Waals surface area contributed by atoms with Crippen molar-refractivity contribution in [2.45, 2.75) is 27.3 Å². The number of nitrogens with zero attached hydrogens (tertiary/aromatic N) is 1. The maximum Gasteiger partial charge on any atom is 0.330 e. The number of carbonyl (C=O) groups is 1. The first-order chi connectivity index (χ1) is 9.65. The minimum atomic E-state index is -0.252. The van der Waals surface area contributed by atoms with Gasteiger partial charge in [0.15, 0.2) is 0 Å². The van der Waals surface area contributed by atoms with Gasteiger partial charge in [-0.15, -0.1) is 0 Å². The van der Waals surface area contributed by atoms with Crippen LogP contribution in [0.1, 0.15) is 26.3 Å². The third-order valence-corrected chi connectivity index (χ3v) is 3.82. The highest BCUT2D eigenvalue weighted by atomic mass is 79.9. The number of rotatable bonds is 8. The molecule has 0 radical (unpaired) electrons. The first-order valence-electron chi connectivity index (χ1n) is 7.34. The van der Waals surface area contributed by atoms with Gasteiger partial charge >= 0.3 is 5.97 Å². The van der Waals surface area contributed by atoms with Gasteiger partial charge in [-0.3, -0.25) is 0 Å². The van der Waals surface area contributed by atoms with E-state index in [9.17, 15) is 4.79 Å². The van der Waals surface area contributed by atoms with Crippen LogP contribution in [0.15, 0.2) is 42.5 Å². The van der Waals surface area contributed by atoms with Crippen LogP contribution in [-0.4, -0.2) is 36.7 Å². The summed E-state index contributed by atoms with van der Waals surface area (Å²) >= 11 is 0. The molecule has 0 atom stereocenters. The quantitative estimate of drug-likeness (QED) is 0.377. The second-order valence-corrected chi connectivity index (χ2v) is 5.01. The van der Waals surface area contributed by atoms with E-state index < -0.39 is 0 Å². The second kappa shape index (κ2) is 10.6. The summed E-state index contributed by atoms with van der Waals surface area (Å²) in [5.74, 6) is -0.252. The average Bonchev–Trinajstić information content (AvgIpc) is 2.47. The summed E-state index contributed by atoms with van der Waals surface area (Å²) in [6.45, 7) is 10.6. The van der Waals surface area contributed by atoms with Crippen molar-refractivity contribution in [1.29, 1.82) is 0 Å². The van der Waals surface area contributed by atoms with E-state index in [2.05, 4.69) is 38.1 Å². The van der Waals surface area contributed by atoms with Crippen molar-refractivity contribution in [1.82, 2.24) is 0 Å². The molecule has 1 aromatic carbocycles. The van der Waals surface area contributed by atoms with Crippen molar-refractivity contribution in [3.8, 4) is 0 Å². The summed E-state index contributed by atoms with van der Waals surface area (Å²) in [4.78, 5) is 11.3. The van der Waals surface area contributed by atoms with Gasteiger partial charge in [0.25, 0.3) is 0 Å². The molecule has 0 amide bonds. The lowest BCUT2D eigenvalue weighted by Gasteiger charge is -2.36. The van der Waals surface area contributed by atoms with Crippen LogP contribution >= 0.6 is 0 Å². The van der Waals surface area contributed by atoms with E-state index in [0.29, 0.717) is 6.61 Å². The molecule has 0 aliphatic rings. The van der Waals surface area contributed by atoms with Crippen LogP contribution in [-0.2, 0) is 16.1 Å². The fraction of sp³-hybridized carbons (Fsp3) is 0.471. The molecule has 0 unspecified atom stereocenters. The van der Waals surface area contributed by atoms with E-state index in [4.69, 9.17) is 4.74 Å². The number of hydrogen-bond donors (Lipinski definition) is 0. The Hall–Kier alpha value is -1.13. The number of hydrogen-bond acceptors (Lipinski definition) is 2. The summed E-state index contributed by atoms with van der Waals surface area (Å²) in [5.41, 5.74) is 1.33. The lowest BCUT2D eigenvalue weighted by atomic mass is 10.2. The van der Waals surface area contributed by atoms with E-state index in [1.165, 1.54) is 11.6 Å². The molecule has 0 saturated carbocycles. The Morgan fingerprint density at radius 3 is 2.33 bits per heavy atom. The summed E-state index contributed by atoms with van der Waals surface area (Å²) in [6, 6.07) is 10.5. The number of allylic oxidation sites excluding steroid dienone is 1. The molecule has 118 valence electrons. The van der Waals surface area contributed by atoms with Crippen molar-refractivity contribution in [2.24, 2.45) is 0 Å². The van der Waals surface area contributed by atoms with Crippen LogP contribution in [0.25, 0.3) is 0 Å². The van der Waals surface area contributed by atoms with Crippen molar-refractivity contribution in [3.63, 3.8) is 0 Å². The highest BCUT2D eigenvalue weighted by Gasteiger charge is 2.23. The molecule has 1 aromatic rings. The lowest BCUT2D eigenvalue weighted by molar-refractivity contribution is -0.937. The number of carbonyl (C=O) groups excluding carboxylic acids is 1. The molecule has 0 N–H and O–H groups in total. The van der Waals surface area contributed by atoms with Gasteiger partial charge in [0.1, 0.15) is 19.7 Å². The Bertz CT molecular complexity index is 428. The van der Waals surface area contributed by atoms with Gasteiger partial charge in [0, 0.05) is 11.6 Å². The van der Waals surface area contributed by atoms with E-state index in [0.717, 1.165) is 30.7 Å². The standard InChI is InChI=1S/C17H26NO2.BrH/c1-4-10-17(19)20-14-13-18(5-2,6-3)15-16-11-8-7-9-12-16;/h4,7-12H,5-6,13-15H2,1-3H3;1H/q+1;/p-1. The van der Waals surface area contributed by atoms with Gasteiger partial charge < -0.3 is 26.2 Å². The smallest absolute Gasteiger partial charge is 0.330 e. The number of benzene rings is 1. The molecule has 0 spiro atoms. The highest BCUT2D eigenvalue weighted by Crippen LogP contribution is 2.14. The molecule has 0 saturated heterocycles. The number of likely N-dealkylation sites (N-methyl/N-ethyl adjacent to an activating group) is 1. The van der Waals surface area contributed by atoms with Gasteiger partial charge in [0.05, 0.1) is 13.1 Å². The molecular formula is C17H26BrNO2. The van der Waals surface area contributed by atoms with Crippen molar-refractivity contribution in [2.75, 3.05) is 26.2 Å². The summed E-state index contributed by atoms with van der Waals surface area (Å²) in [6.07, 6.45) is 3.16. The molecule has 0 heterocycles. The lowest BCUT2D eigenvalue weighted by Crippen LogP contribution is -3.00. The monoisotopic (exact) mass is 355 g/mol. The third-order valence-electron chi connectivity index (χ3n) is 3.82. The molecule has 0 fully saturated rings. The minimum Gasteiger partial charge on any atom is -1.00 e. The third kappa shape index (κ3) is 6.91. The number of halogens is 1. The van der Waals surface area contributed by atoms with Crippen molar-refractivity contribution >= 4 is 5.97 Å². The van der Waals surface area contributed by atoms with Crippen molar-refractivity contribution in [3.05, 3.63) is 48.0 Å². The largest absolute Gasteiger partial charge is 1.00 e. The average molecular weight is 356 g/mol. The molecule has 0 aromatic heterocycles. The first kappa shape index (κ1) is 19.9. The van der Waals surface area contributed by atoms with Crippen LogP contribution < -0.4 is 17.0 Å². The Kier molecular flexibility index (Phi) is 10.0. The Labute approximate surface area is 139 Å². The van der Waals surface area contributed by atoms with E-state index in [1.54, 1.807) is 6.08 Å². The van der Waals surface area contributed by atoms with Crippen LogP contribution in [0.4, 0.5) is 0 Å². The summed E-state index contributed by atoms with van der Waals surface area (Å²) < 4.78 is 6.18. The summed E-state index contributed by atoms with van der Waals surface area (Å²) in [5, 5.41) is 0. The molecule has 1 rings (SSSR count). The van der Waals surface area contributed by atoms with E-state index in [-0.39, 0.29) is 23.0 Å². The van der Waals surface area contributed by atoms with Crippen molar-refractivity contribution < 1.29 is 31.0 Å². The number of quaternary nitrogens is 1. The van der Waals surface area contributed by atoms with Gasteiger partial charge in [-0.25, -0.2) is 4.79 Å². The highest BCUT2D eigenvalue weighted by molar-refractivity contribution is 5.81. The molecule has 3 nitrogen and oxygen atoms in total. The van der Waals surface area contributed by atoms with Gasteiger partial charge in [-0.2, -0.15) is 0 Å². The molecule has 0 aliphatic carbocycles. The molecule has 21 heavy (non-hydrogen) atoms. The zero-order valence-electron chi connectivity index (χ0n) is 13.2. The molecule has 4 heteroatoms. The fourth-order valence-corrected chi connectivity index (χ4v) is 2.34. The topological polar surface area (TPSA) is 26.3 Å². The molecule has 0 bridgehead atoms. The first-order valence-corrected chi connectivity index (χ1v) is 7.34. The zero-order valence-corrected chi connectivity index (χ0v) is 14.8. The maximum atomic E-state index is 11.3. The predicted molar refractivity (Wildman–Crippen MR) is 82.1 cm³/mol. The minimum absolute atomic E-state index is 0. The Morgan fingerprint density at radius 1 is 1.19 bits per heavy atom. The normalized spacial score (nSPS) is 11.2. The summed E-state index contributed by atoms with van der Waals surface area (Å²) in [7, 11) is 0. The van der Waals surface area contributed by atoms with E-state index in [1.807, 2.05) is 13.0 Å².